The van der Waals surface area contributed by atoms with Crippen LogP contribution in [0, 0.1) is 6.92 Å². The molecule has 1 aromatic heterocycles. The minimum absolute atomic E-state index is 0.0899. The van der Waals surface area contributed by atoms with Crippen LogP contribution in [0.1, 0.15) is 41.4 Å². The number of nitrogens with zero attached hydrogens (tertiary/aromatic N) is 1. The van der Waals surface area contributed by atoms with Crippen molar-refractivity contribution in [2.75, 3.05) is 13.7 Å². The number of carbonyl (C=O) groups is 2. The predicted octanol–water partition coefficient (Wildman–Crippen LogP) is 4.12. The van der Waals surface area contributed by atoms with Crippen LogP contribution in [0.4, 0.5) is 0 Å². The number of halogens is 1. The lowest BCUT2D eigenvalue weighted by Gasteiger charge is -2.14. The van der Waals surface area contributed by atoms with Crippen LogP contribution in [0.2, 0.25) is 5.02 Å². The Labute approximate surface area is 186 Å². The Morgan fingerprint density at radius 1 is 1.19 bits per heavy atom. The van der Waals surface area contributed by atoms with Crippen molar-refractivity contribution in [2.45, 2.75) is 39.2 Å². The lowest BCUT2D eigenvalue weighted by atomic mass is 10.0. The van der Waals surface area contributed by atoms with Crippen LogP contribution in [0.5, 0.6) is 5.75 Å². The van der Waals surface area contributed by atoms with Gasteiger partial charge in [-0.2, -0.15) is 0 Å². The molecule has 0 aliphatic heterocycles. The molecule has 3 aromatic rings. The Morgan fingerprint density at radius 2 is 1.90 bits per heavy atom. The van der Waals surface area contributed by atoms with Crippen molar-refractivity contribution in [3.05, 3.63) is 64.3 Å². The van der Waals surface area contributed by atoms with Crippen LogP contribution in [-0.2, 0) is 11.2 Å². The van der Waals surface area contributed by atoms with E-state index in [0.29, 0.717) is 29.2 Å². The van der Waals surface area contributed by atoms with Crippen molar-refractivity contribution in [2.24, 2.45) is 0 Å². The van der Waals surface area contributed by atoms with E-state index >= 15 is 0 Å². The topological polar surface area (TPSA) is 80.6 Å². The van der Waals surface area contributed by atoms with Gasteiger partial charge in [0.25, 0.3) is 5.91 Å². The molecule has 2 aromatic carbocycles. The van der Waals surface area contributed by atoms with Crippen molar-refractivity contribution >= 4 is 34.3 Å². The molecule has 0 saturated heterocycles. The first-order chi connectivity index (χ1) is 14.9. The number of aromatic nitrogens is 1. The molecule has 0 aliphatic carbocycles. The van der Waals surface area contributed by atoms with Crippen LogP contribution >= 0.6 is 11.6 Å². The summed E-state index contributed by atoms with van der Waals surface area (Å²) in [6, 6.07) is 12.1. The second-order valence-corrected chi connectivity index (χ2v) is 7.89. The van der Waals surface area contributed by atoms with Gasteiger partial charge in [-0.05, 0) is 67.8 Å². The summed E-state index contributed by atoms with van der Waals surface area (Å²) >= 11 is 5.97. The highest BCUT2D eigenvalue weighted by atomic mass is 35.5. The number of aryl methyl sites for hydroxylation is 1. The van der Waals surface area contributed by atoms with E-state index in [1.807, 2.05) is 32.0 Å². The summed E-state index contributed by atoms with van der Waals surface area (Å²) in [5, 5.41) is 13.6. The van der Waals surface area contributed by atoms with Crippen LogP contribution in [0.25, 0.3) is 10.9 Å². The van der Waals surface area contributed by atoms with Crippen molar-refractivity contribution in [1.82, 2.24) is 9.88 Å². The van der Waals surface area contributed by atoms with E-state index < -0.39 is 0 Å². The molecule has 7 heteroatoms. The Hall–Kier alpha value is -2.83. The molecule has 1 heterocycles. The normalized spacial score (nSPS) is 12.0. The Morgan fingerprint density at radius 3 is 2.52 bits per heavy atom. The van der Waals surface area contributed by atoms with E-state index in [9.17, 15) is 14.7 Å². The van der Waals surface area contributed by atoms with E-state index in [1.54, 1.807) is 35.9 Å². The van der Waals surface area contributed by atoms with Crippen molar-refractivity contribution in [1.29, 1.82) is 0 Å². The molecular weight excluding hydrogens is 416 g/mol. The van der Waals surface area contributed by atoms with Gasteiger partial charge in [0.2, 0.25) is 5.91 Å². The largest absolute Gasteiger partial charge is 0.497 e. The van der Waals surface area contributed by atoms with Crippen LogP contribution in [0.3, 0.4) is 0 Å². The molecule has 0 bridgehead atoms. The maximum atomic E-state index is 13.3. The number of carbonyl (C=O) groups excluding carboxylic acids is 2. The minimum Gasteiger partial charge on any atom is -0.497 e. The molecule has 31 heavy (non-hydrogen) atoms. The van der Waals surface area contributed by atoms with Gasteiger partial charge in [0, 0.05) is 28.1 Å². The summed E-state index contributed by atoms with van der Waals surface area (Å²) in [6.07, 6.45) is 1.38. The first-order valence-corrected chi connectivity index (χ1v) is 10.7. The molecule has 0 spiro atoms. The molecule has 3 rings (SSSR count). The highest BCUT2D eigenvalue weighted by molar-refractivity contribution is 6.30. The first kappa shape index (κ1) is 22.8. The maximum Gasteiger partial charge on any atom is 0.262 e. The number of hydrogen-bond donors (Lipinski definition) is 2. The summed E-state index contributed by atoms with van der Waals surface area (Å²) in [7, 11) is 1.59. The minimum atomic E-state index is -0.249. The average Bonchev–Trinajstić information content (AvgIpc) is 3.06. The number of aliphatic hydroxyl groups is 1. The fourth-order valence-corrected chi connectivity index (χ4v) is 3.83. The Kier molecular flexibility index (Phi) is 7.36. The summed E-state index contributed by atoms with van der Waals surface area (Å²) in [5.74, 6) is 0.389. The van der Waals surface area contributed by atoms with E-state index in [2.05, 4.69) is 5.32 Å². The van der Waals surface area contributed by atoms with Gasteiger partial charge in [-0.1, -0.05) is 18.5 Å². The van der Waals surface area contributed by atoms with Gasteiger partial charge in [0.15, 0.2) is 0 Å². The molecule has 1 amide bonds. The van der Waals surface area contributed by atoms with Crippen molar-refractivity contribution in [3.63, 3.8) is 0 Å². The number of aliphatic hydroxyl groups excluding tert-OH is 1. The lowest BCUT2D eigenvalue weighted by molar-refractivity contribution is -0.122. The van der Waals surface area contributed by atoms with Gasteiger partial charge in [-0.25, -0.2) is 0 Å². The maximum absolute atomic E-state index is 13.3. The number of hydrogen-bond acceptors (Lipinski definition) is 4. The fraction of sp³-hybridized carbons (Fsp3) is 0.333. The van der Waals surface area contributed by atoms with Gasteiger partial charge in [0.1, 0.15) is 5.75 Å². The zero-order chi connectivity index (χ0) is 22.5. The molecule has 0 aliphatic rings. The van der Waals surface area contributed by atoms with Crippen molar-refractivity contribution < 1.29 is 19.4 Å². The fourth-order valence-electron chi connectivity index (χ4n) is 3.70. The van der Waals surface area contributed by atoms with Crippen LogP contribution in [0.15, 0.2) is 42.5 Å². The van der Waals surface area contributed by atoms with E-state index in [1.165, 1.54) is 0 Å². The zero-order valence-corrected chi connectivity index (χ0v) is 18.7. The Bertz CT molecular complexity index is 1090. The third kappa shape index (κ3) is 4.92. The molecule has 0 fully saturated rings. The number of ether oxygens (including phenoxy) is 1. The molecule has 0 saturated carbocycles. The van der Waals surface area contributed by atoms with Gasteiger partial charge in [0.05, 0.1) is 25.3 Å². The third-order valence-corrected chi connectivity index (χ3v) is 5.77. The monoisotopic (exact) mass is 442 g/mol. The Balaban J connectivity index is 1.99. The molecule has 2 N–H and O–H groups in total. The molecule has 1 atom stereocenters. The first-order valence-electron chi connectivity index (χ1n) is 10.3. The quantitative estimate of drug-likeness (QED) is 0.550. The van der Waals surface area contributed by atoms with Crippen LogP contribution < -0.4 is 10.1 Å². The number of methoxy groups -OCH3 is 1. The highest BCUT2D eigenvalue weighted by Crippen LogP contribution is 2.31. The smallest absolute Gasteiger partial charge is 0.262 e. The predicted molar refractivity (Wildman–Crippen MR) is 122 cm³/mol. The second-order valence-electron chi connectivity index (χ2n) is 7.45. The van der Waals surface area contributed by atoms with Crippen LogP contribution in [-0.4, -0.2) is 41.2 Å². The summed E-state index contributed by atoms with van der Waals surface area (Å²) < 4.78 is 7.05. The van der Waals surface area contributed by atoms with Gasteiger partial charge >= 0.3 is 0 Å². The van der Waals surface area contributed by atoms with E-state index in [0.717, 1.165) is 22.2 Å². The van der Waals surface area contributed by atoms with E-state index in [4.69, 9.17) is 16.3 Å². The third-order valence-electron chi connectivity index (χ3n) is 5.52. The SMILES string of the molecule is CC[C@H](CO)NC(=O)CCc1c(C)n(C(=O)c2ccc(Cl)cc2)c2ccc(OC)cc12. The highest BCUT2D eigenvalue weighted by Gasteiger charge is 2.21. The number of nitrogens with one attached hydrogen (secondary N) is 1. The van der Waals surface area contributed by atoms with Gasteiger partial charge < -0.3 is 15.2 Å². The number of benzene rings is 2. The number of fused-ring (bicyclic) bond motifs is 1. The zero-order valence-electron chi connectivity index (χ0n) is 17.9. The summed E-state index contributed by atoms with van der Waals surface area (Å²) in [5.41, 5.74) is 2.99. The molecule has 0 radical (unpaired) electrons. The van der Waals surface area contributed by atoms with E-state index in [-0.39, 0.29) is 30.9 Å². The molecule has 0 unspecified atom stereocenters. The van der Waals surface area contributed by atoms with Gasteiger partial charge in [-0.15, -0.1) is 0 Å². The molecule has 164 valence electrons. The summed E-state index contributed by atoms with van der Waals surface area (Å²) in [4.78, 5) is 25.7. The summed E-state index contributed by atoms with van der Waals surface area (Å²) in [6.45, 7) is 3.71. The average molecular weight is 443 g/mol. The second kappa shape index (κ2) is 9.98. The number of rotatable bonds is 8. The lowest BCUT2D eigenvalue weighted by Crippen LogP contribution is -2.37. The van der Waals surface area contributed by atoms with Crippen molar-refractivity contribution in [3.8, 4) is 5.75 Å². The standard InChI is InChI=1S/C24H27ClN2O4/c1-4-18(14-28)26-23(29)12-10-20-15(2)27(22-11-9-19(31-3)13-21(20)22)24(30)16-5-7-17(25)8-6-16/h5-9,11,13,18,28H,4,10,12,14H2,1-3H3,(H,26,29)/t18-/m1/s1. The number of amides is 1. The molecule has 6 nitrogen and oxygen atoms in total. The van der Waals surface area contributed by atoms with Gasteiger partial charge in [-0.3, -0.25) is 14.2 Å². The molecular formula is C24H27ClN2O4.